The van der Waals surface area contributed by atoms with Gasteiger partial charge in [0.2, 0.25) is 0 Å². The fraction of sp³-hybridized carbons (Fsp3) is 0.167. The topological polar surface area (TPSA) is 57.4 Å². The maximum absolute atomic E-state index is 6.04. The number of aromatic nitrogens is 1. The van der Waals surface area contributed by atoms with Crippen molar-refractivity contribution < 1.29 is 9.47 Å². The van der Waals surface area contributed by atoms with Crippen molar-refractivity contribution in [2.24, 2.45) is 0 Å². The molecule has 0 aliphatic heterocycles. The molecule has 5 heteroatoms. The van der Waals surface area contributed by atoms with Crippen molar-refractivity contribution in [2.45, 2.75) is 6.92 Å². The standard InChI is InChI=1S/C18H18N2O2S/c1-3-22-17-9-8-12(10-14(17)19)18-20-15(11-23-18)13-6-4-5-7-16(13)21-2/h4-11H,3,19H2,1-2H3. The summed E-state index contributed by atoms with van der Waals surface area (Å²) in [4.78, 5) is 4.72. The maximum Gasteiger partial charge on any atom is 0.142 e. The third kappa shape index (κ3) is 3.14. The van der Waals surface area contributed by atoms with Gasteiger partial charge in [-0.15, -0.1) is 11.3 Å². The third-order valence-electron chi connectivity index (χ3n) is 3.44. The van der Waals surface area contributed by atoms with Gasteiger partial charge in [-0.1, -0.05) is 12.1 Å². The van der Waals surface area contributed by atoms with Crippen LogP contribution in [0.2, 0.25) is 0 Å². The van der Waals surface area contributed by atoms with Crippen molar-refractivity contribution >= 4 is 17.0 Å². The van der Waals surface area contributed by atoms with Gasteiger partial charge >= 0.3 is 0 Å². The first-order chi connectivity index (χ1) is 11.2. The summed E-state index contributed by atoms with van der Waals surface area (Å²) in [6, 6.07) is 13.6. The third-order valence-corrected chi connectivity index (χ3v) is 4.34. The Bertz CT molecular complexity index is 814. The smallest absolute Gasteiger partial charge is 0.142 e. The Kier molecular flexibility index (Phi) is 4.48. The van der Waals surface area contributed by atoms with Crippen LogP contribution in [-0.2, 0) is 0 Å². The predicted molar refractivity (Wildman–Crippen MR) is 95.1 cm³/mol. The molecule has 0 amide bonds. The van der Waals surface area contributed by atoms with E-state index in [1.54, 1.807) is 18.4 Å². The molecule has 0 bridgehead atoms. The monoisotopic (exact) mass is 326 g/mol. The summed E-state index contributed by atoms with van der Waals surface area (Å²) < 4.78 is 10.9. The van der Waals surface area contributed by atoms with Gasteiger partial charge in [0, 0.05) is 16.5 Å². The van der Waals surface area contributed by atoms with Gasteiger partial charge in [-0.2, -0.15) is 0 Å². The SMILES string of the molecule is CCOc1ccc(-c2nc(-c3ccccc3OC)cs2)cc1N. The largest absolute Gasteiger partial charge is 0.496 e. The summed E-state index contributed by atoms with van der Waals surface area (Å²) in [6.45, 7) is 2.53. The normalized spacial score (nSPS) is 10.5. The second-order valence-corrected chi connectivity index (χ2v) is 5.78. The van der Waals surface area contributed by atoms with E-state index in [4.69, 9.17) is 20.2 Å². The number of para-hydroxylation sites is 1. The second-order valence-electron chi connectivity index (χ2n) is 4.92. The summed E-state index contributed by atoms with van der Waals surface area (Å²) in [5, 5.41) is 2.94. The van der Waals surface area contributed by atoms with Gasteiger partial charge in [-0.05, 0) is 37.3 Å². The molecular weight excluding hydrogens is 308 g/mol. The van der Waals surface area contributed by atoms with Crippen molar-refractivity contribution in [3.8, 4) is 33.3 Å². The van der Waals surface area contributed by atoms with Crippen LogP contribution in [0.5, 0.6) is 11.5 Å². The number of benzene rings is 2. The van der Waals surface area contributed by atoms with E-state index in [1.807, 2.05) is 54.8 Å². The molecule has 1 heterocycles. The van der Waals surface area contributed by atoms with Crippen molar-refractivity contribution in [1.82, 2.24) is 4.98 Å². The van der Waals surface area contributed by atoms with Gasteiger partial charge in [0.05, 0.1) is 25.1 Å². The molecular formula is C18H18N2O2S. The predicted octanol–water partition coefficient (Wildman–Crippen LogP) is 4.47. The van der Waals surface area contributed by atoms with Gasteiger partial charge < -0.3 is 15.2 Å². The minimum absolute atomic E-state index is 0.596. The number of thiazole rings is 1. The first-order valence-corrected chi connectivity index (χ1v) is 8.22. The zero-order valence-corrected chi connectivity index (χ0v) is 13.9. The Morgan fingerprint density at radius 1 is 1.13 bits per heavy atom. The van der Waals surface area contributed by atoms with Gasteiger partial charge in [-0.3, -0.25) is 0 Å². The lowest BCUT2D eigenvalue weighted by atomic mass is 10.1. The number of ether oxygens (including phenoxy) is 2. The molecule has 4 nitrogen and oxygen atoms in total. The molecule has 2 aromatic carbocycles. The molecule has 0 aliphatic carbocycles. The van der Waals surface area contributed by atoms with Crippen LogP contribution >= 0.6 is 11.3 Å². The quantitative estimate of drug-likeness (QED) is 0.703. The number of hydrogen-bond acceptors (Lipinski definition) is 5. The van der Waals surface area contributed by atoms with Crippen molar-refractivity contribution in [3.05, 3.63) is 47.8 Å². The molecule has 3 rings (SSSR count). The average molecular weight is 326 g/mol. The first kappa shape index (κ1) is 15.4. The van der Waals surface area contributed by atoms with E-state index in [1.165, 1.54) is 0 Å². The molecule has 23 heavy (non-hydrogen) atoms. The number of rotatable bonds is 5. The van der Waals surface area contributed by atoms with Crippen LogP contribution in [0.1, 0.15) is 6.92 Å². The lowest BCUT2D eigenvalue weighted by molar-refractivity contribution is 0.342. The van der Waals surface area contributed by atoms with E-state index >= 15 is 0 Å². The Morgan fingerprint density at radius 2 is 1.96 bits per heavy atom. The van der Waals surface area contributed by atoms with Crippen LogP contribution in [0.3, 0.4) is 0 Å². The van der Waals surface area contributed by atoms with Crippen LogP contribution in [0.4, 0.5) is 5.69 Å². The summed E-state index contributed by atoms with van der Waals surface area (Å²) in [5.41, 5.74) is 9.53. The molecule has 0 spiro atoms. The van der Waals surface area contributed by atoms with E-state index in [2.05, 4.69) is 0 Å². The molecule has 0 saturated heterocycles. The van der Waals surface area contributed by atoms with Crippen LogP contribution in [0.25, 0.3) is 21.8 Å². The fourth-order valence-corrected chi connectivity index (χ4v) is 3.17. The van der Waals surface area contributed by atoms with E-state index in [9.17, 15) is 0 Å². The maximum atomic E-state index is 6.04. The highest BCUT2D eigenvalue weighted by atomic mass is 32.1. The summed E-state index contributed by atoms with van der Waals surface area (Å²) >= 11 is 1.58. The van der Waals surface area contributed by atoms with Crippen molar-refractivity contribution in [2.75, 3.05) is 19.5 Å². The van der Waals surface area contributed by atoms with E-state index < -0.39 is 0 Å². The van der Waals surface area contributed by atoms with Gasteiger partial charge in [0.1, 0.15) is 16.5 Å². The number of nitrogens with zero attached hydrogens (tertiary/aromatic N) is 1. The van der Waals surface area contributed by atoms with E-state index in [0.717, 1.165) is 27.6 Å². The molecule has 1 aromatic heterocycles. The van der Waals surface area contributed by atoms with Gasteiger partial charge in [0.25, 0.3) is 0 Å². The highest BCUT2D eigenvalue weighted by Gasteiger charge is 2.11. The Hall–Kier alpha value is -2.53. The summed E-state index contributed by atoms with van der Waals surface area (Å²) in [7, 11) is 1.67. The molecule has 0 saturated carbocycles. The van der Waals surface area contributed by atoms with Crippen molar-refractivity contribution in [1.29, 1.82) is 0 Å². The zero-order valence-electron chi connectivity index (χ0n) is 13.1. The molecule has 0 aliphatic rings. The average Bonchev–Trinajstić information content (AvgIpc) is 3.06. The lowest BCUT2D eigenvalue weighted by Crippen LogP contribution is -1.96. The Morgan fingerprint density at radius 3 is 2.70 bits per heavy atom. The van der Waals surface area contributed by atoms with E-state index in [0.29, 0.717) is 18.0 Å². The molecule has 0 fully saturated rings. The van der Waals surface area contributed by atoms with Crippen LogP contribution in [0.15, 0.2) is 47.8 Å². The first-order valence-electron chi connectivity index (χ1n) is 7.34. The number of nitrogens with two attached hydrogens (primary N) is 1. The van der Waals surface area contributed by atoms with Crippen molar-refractivity contribution in [3.63, 3.8) is 0 Å². The highest BCUT2D eigenvalue weighted by molar-refractivity contribution is 7.13. The lowest BCUT2D eigenvalue weighted by Gasteiger charge is -2.07. The summed E-state index contributed by atoms with van der Waals surface area (Å²) in [6.07, 6.45) is 0. The van der Waals surface area contributed by atoms with Gasteiger partial charge in [-0.25, -0.2) is 4.98 Å². The van der Waals surface area contributed by atoms with E-state index in [-0.39, 0.29) is 0 Å². The molecule has 0 atom stereocenters. The number of hydrogen-bond donors (Lipinski definition) is 1. The highest BCUT2D eigenvalue weighted by Crippen LogP contribution is 2.35. The second kappa shape index (κ2) is 6.71. The number of methoxy groups -OCH3 is 1. The number of anilines is 1. The van der Waals surface area contributed by atoms with Gasteiger partial charge in [0.15, 0.2) is 0 Å². The fourth-order valence-electron chi connectivity index (χ4n) is 2.35. The van der Waals surface area contributed by atoms with Crippen LogP contribution in [0, 0.1) is 0 Å². The minimum atomic E-state index is 0.596. The molecule has 0 radical (unpaired) electrons. The minimum Gasteiger partial charge on any atom is -0.496 e. The van der Waals surface area contributed by atoms with Crippen LogP contribution in [-0.4, -0.2) is 18.7 Å². The molecule has 118 valence electrons. The molecule has 0 unspecified atom stereocenters. The Labute approximate surface area is 139 Å². The molecule has 2 N–H and O–H groups in total. The van der Waals surface area contributed by atoms with Crippen LogP contribution < -0.4 is 15.2 Å². The zero-order chi connectivity index (χ0) is 16.2. The molecule has 3 aromatic rings. The number of nitrogen functional groups attached to an aromatic ring is 1. The summed E-state index contributed by atoms with van der Waals surface area (Å²) in [5.74, 6) is 1.52. The Balaban J connectivity index is 1.94.